The van der Waals surface area contributed by atoms with Crippen molar-refractivity contribution in [2.24, 2.45) is 5.92 Å². The van der Waals surface area contributed by atoms with Crippen LogP contribution in [0.2, 0.25) is 0 Å². The van der Waals surface area contributed by atoms with Crippen molar-refractivity contribution >= 4 is 0 Å². The molecule has 1 N–H and O–H groups in total. The van der Waals surface area contributed by atoms with E-state index < -0.39 is 0 Å². The minimum atomic E-state index is 0.664. The molecule has 2 atom stereocenters. The summed E-state index contributed by atoms with van der Waals surface area (Å²) in [5.41, 5.74) is 1.35. The summed E-state index contributed by atoms with van der Waals surface area (Å²) in [6, 6.07) is 5.64. The van der Waals surface area contributed by atoms with Crippen LogP contribution in [0.1, 0.15) is 31.7 Å². The van der Waals surface area contributed by atoms with Crippen LogP contribution in [0.5, 0.6) is 0 Å². The molecular formula is C15H23N3. The van der Waals surface area contributed by atoms with Crippen molar-refractivity contribution < 1.29 is 0 Å². The molecule has 3 heteroatoms. The molecule has 2 aliphatic rings. The second kappa shape index (κ2) is 5.37. The lowest BCUT2D eigenvalue weighted by molar-refractivity contribution is 0.106. The molecule has 1 saturated heterocycles. The Bertz CT molecular complexity index is 375. The Balaban J connectivity index is 1.69. The molecule has 2 unspecified atom stereocenters. The average Bonchev–Trinajstić information content (AvgIpc) is 3.24. The third-order valence-electron chi connectivity index (χ3n) is 4.31. The molecule has 2 fully saturated rings. The Hall–Kier alpha value is -0.930. The summed E-state index contributed by atoms with van der Waals surface area (Å²) in [6.07, 6.45) is 7.93. The highest BCUT2D eigenvalue weighted by molar-refractivity contribution is 5.09. The number of nitrogens with one attached hydrogen (secondary N) is 1. The topological polar surface area (TPSA) is 28.2 Å². The molecule has 0 radical (unpaired) electrons. The van der Waals surface area contributed by atoms with Gasteiger partial charge in [-0.1, -0.05) is 13.0 Å². The van der Waals surface area contributed by atoms with Crippen LogP contribution in [-0.4, -0.2) is 35.1 Å². The fourth-order valence-corrected chi connectivity index (χ4v) is 3.03. The quantitative estimate of drug-likeness (QED) is 0.880. The first kappa shape index (κ1) is 12.1. The normalized spacial score (nSPS) is 29.4. The van der Waals surface area contributed by atoms with Gasteiger partial charge in [-0.3, -0.25) is 9.88 Å². The van der Waals surface area contributed by atoms with Crippen molar-refractivity contribution in [3.63, 3.8) is 0 Å². The van der Waals surface area contributed by atoms with Crippen LogP contribution in [0, 0.1) is 5.92 Å². The molecule has 3 rings (SSSR count). The summed E-state index contributed by atoms with van der Waals surface area (Å²) in [5, 5.41) is 3.70. The molecule has 1 aliphatic heterocycles. The predicted molar refractivity (Wildman–Crippen MR) is 73.2 cm³/mol. The summed E-state index contributed by atoms with van der Waals surface area (Å²) in [6.45, 7) is 5.69. The second-order valence-corrected chi connectivity index (χ2v) is 5.71. The first-order valence-electron chi connectivity index (χ1n) is 7.23. The molecule has 1 saturated carbocycles. The molecule has 1 aromatic heterocycles. The van der Waals surface area contributed by atoms with Crippen LogP contribution in [0.3, 0.4) is 0 Å². The molecule has 0 amide bonds. The third kappa shape index (κ3) is 2.73. The first-order valence-corrected chi connectivity index (χ1v) is 7.23. The van der Waals surface area contributed by atoms with Gasteiger partial charge in [-0.15, -0.1) is 0 Å². The first-order chi connectivity index (χ1) is 8.86. The van der Waals surface area contributed by atoms with Gasteiger partial charge in [-0.05, 0) is 36.8 Å². The van der Waals surface area contributed by atoms with Gasteiger partial charge in [0.15, 0.2) is 0 Å². The number of pyridine rings is 1. The molecule has 18 heavy (non-hydrogen) atoms. The highest BCUT2D eigenvalue weighted by atomic mass is 15.2. The fourth-order valence-electron chi connectivity index (χ4n) is 3.03. The second-order valence-electron chi connectivity index (χ2n) is 5.71. The number of hydrogen-bond acceptors (Lipinski definition) is 3. The number of hydrogen-bond donors (Lipinski definition) is 1. The molecule has 0 aromatic carbocycles. The Morgan fingerprint density at radius 3 is 3.00 bits per heavy atom. The summed E-state index contributed by atoms with van der Waals surface area (Å²) in [7, 11) is 0. The van der Waals surface area contributed by atoms with E-state index >= 15 is 0 Å². The van der Waals surface area contributed by atoms with Gasteiger partial charge < -0.3 is 5.32 Å². The SMILES string of the molecule is CCC1CN(Cc2cccnc2)C(C2CC2)CN1. The van der Waals surface area contributed by atoms with Gasteiger partial charge in [0.2, 0.25) is 0 Å². The predicted octanol–water partition coefficient (Wildman–Crippen LogP) is 2.04. The number of piperazine rings is 1. The maximum absolute atomic E-state index is 4.23. The van der Waals surface area contributed by atoms with E-state index in [1.54, 1.807) is 0 Å². The molecule has 98 valence electrons. The Kier molecular flexibility index (Phi) is 3.62. The van der Waals surface area contributed by atoms with E-state index in [9.17, 15) is 0 Å². The lowest BCUT2D eigenvalue weighted by Crippen LogP contribution is -2.56. The van der Waals surface area contributed by atoms with Crippen molar-refractivity contribution in [1.82, 2.24) is 15.2 Å². The van der Waals surface area contributed by atoms with Crippen molar-refractivity contribution in [3.05, 3.63) is 30.1 Å². The Morgan fingerprint density at radius 1 is 1.44 bits per heavy atom. The van der Waals surface area contributed by atoms with E-state index in [1.165, 1.54) is 37.9 Å². The smallest absolute Gasteiger partial charge is 0.0312 e. The highest BCUT2D eigenvalue weighted by Crippen LogP contribution is 2.36. The largest absolute Gasteiger partial charge is 0.311 e. The summed E-state index contributed by atoms with van der Waals surface area (Å²) in [5.74, 6) is 0.937. The summed E-state index contributed by atoms with van der Waals surface area (Å²) in [4.78, 5) is 6.91. The summed E-state index contributed by atoms with van der Waals surface area (Å²) >= 11 is 0. The standard InChI is InChI=1S/C15H23N3/c1-2-14-11-18(10-12-4-3-7-16-8-12)15(9-17-14)13-5-6-13/h3-4,7-8,13-15,17H,2,5-6,9-11H2,1H3. The lowest BCUT2D eigenvalue weighted by atomic mass is 10.0. The van der Waals surface area contributed by atoms with Crippen LogP contribution in [0.15, 0.2) is 24.5 Å². The van der Waals surface area contributed by atoms with Crippen LogP contribution >= 0.6 is 0 Å². The van der Waals surface area contributed by atoms with Crippen molar-refractivity contribution in [1.29, 1.82) is 0 Å². The van der Waals surface area contributed by atoms with Crippen molar-refractivity contribution in [2.45, 2.75) is 44.8 Å². The molecular weight excluding hydrogens is 222 g/mol. The van der Waals surface area contributed by atoms with Gasteiger partial charge in [-0.25, -0.2) is 0 Å². The Morgan fingerprint density at radius 2 is 2.33 bits per heavy atom. The molecule has 0 spiro atoms. The van der Waals surface area contributed by atoms with E-state index in [1.807, 2.05) is 18.5 Å². The lowest BCUT2D eigenvalue weighted by Gasteiger charge is -2.40. The molecule has 2 heterocycles. The summed E-state index contributed by atoms with van der Waals surface area (Å²) < 4.78 is 0. The van der Waals surface area contributed by atoms with Gasteiger partial charge in [0.1, 0.15) is 0 Å². The van der Waals surface area contributed by atoms with E-state index in [2.05, 4.69) is 28.2 Å². The van der Waals surface area contributed by atoms with Crippen LogP contribution in [0.25, 0.3) is 0 Å². The maximum Gasteiger partial charge on any atom is 0.0312 e. The Labute approximate surface area is 110 Å². The van der Waals surface area contributed by atoms with Crippen molar-refractivity contribution in [3.8, 4) is 0 Å². The number of nitrogens with zero attached hydrogens (tertiary/aromatic N) is 2. The zero-order chi connectivity index (χ0) is 12.4. The fraction of sp³-hybridized carbons (Fsp3) is 0.667. The number of aromatic nitrogens is 1. The molecule has 3 nitrogen and oxygen atoms in total. The minimum absolute atomic E-state index is 0.664. The average molecular weight is 245 g/mol. The van der Waals surface area contributed by atoms with Gasteiger partial charge in [-0.2, -0.15) is 0 Å². The van der Waals surface area contributed by atoms with Crippen molar-refractivity contribution in [2.75, 3.05) is 13.1 Å². The van der Waals surface area contributed by atoms with E-state index in [4.69, 9.17) is 0 Å². The van der Waals surface area contributed by atoms with Crippen LogP contribution in [-0.2, 0) is 6.54 Å². The van der Waals surface area contributed by atoms with Gasteiger partial charge in [0, 0.05) is 44.1 Å². The highest BCUT2D eigenvalue weighted by Gasteiger charge is 2.38. The maximum atomic E-state index is 4.23. The van der Waals surface area contributed by atoms with Gasteiger partial charge in [0.05, 0.1) is 0 Å². The minimum Gasteiger partial charge on any atom is -0.311 e. The zero-order valence-corrected chi connectivity index (χ0v) is 11.2. The monoisotopic (exact) mass is 245 g/mol. The van der Waals surface area contributed by atoms with Crippen LogP contribution in [0.4, 0.5) is 0 Å². The van der Waals surface area contributed by atoms with E-state index in [0.29, 0.717) is 6.04 Å². The van der Waals surface area contributed by atoms with Gasteiger partial charge in [0.25, 0.3) is 0 Å². The zero-order valence-electron chi connectivity index (χ0n) is 11.2. The third-order valence-corrected chi connectivity index (χ3v) is 4.31. The van der Waals surface area contributed by atoms with Crippen LogP contribution < -0.4 is 5.32 Å². The van der Waals surface area contributed by atoms with E-state index in [0.717, 1.165) is 18.5 Å². The number of rotatable bonds is 4. The van der Waals surface area contributed by atoms with E-state index in [-0.39, 0.29) is 0 Å². The molecule has 1 aliphatic carbocycles. The molecule has 1 aromatic rings. The molecule has 0 bridgehead atoms. The van der Waals surface area contributed by atoms with Gasteiger partial charge >= 0.3 is 0 Å².